The van der Waals surface area contributed by atoms with Crippen LogP contribution in [0.5, 0.6) is 5.88 Å². The number of methoxy groups -OCH3 is 1. The zero-order chi connectivity index (χ0) is 9.10. The maximum Gasteiger partial charge on any atom is 0.233 e. The molecule has 1 aliphatic rings. The van der Waals surface area contributed by atoms with Gasteiger partial charge in [-0.1, -0.05) is 0 Å². The van der Waals surface area contributed by atoms with Crippen molar-refractivity contribution in [1.82, 2.24) is 10.2 Å². The lowest BCUT2D eigenvalue weighted by molar-refractivity contribution is 0.193. The summed E-state index contributed by atoms with van der Waals surface area (Å²) in [6.45, 7) is 1.60. The van der Waals surface area contributed by atoms with E-state index >= 15 is 0 Å². The van der Waals surface area contributed by atoms with E-state index in [2.05, 4.69) is 10.2 Å². The molecule has 1 atom stereocenters. The lowest BCUT2D eigenvalue weighted by atomic mass is 10.1. The second kappa shape index (κ2) is 3.70. The number of rotatable bonds is 2. The molecule has 13 heavy (non-hydrogen) atoms. The molecule has 0 amide bonds. The van der Waals surface area contributed by atoms with Gasteiger partial charge < -0.3 is 9.47 Å². The van der Waals surface area contributed by atoms with Gasteiger partial charge in [0, 0.05) is 18.6 Å². The molecular formula is C9H12N2O2. The fourth-order valence-electron chi connectivity index (χ4n) is 1.42. The number of hydrogen-bond acceptors (Lipinski definition) is 4. The molecule has 1 unspecified atom stereocenters. The lowest BCUT2D eigenvalue weighted by Crippen LogP contribution is -2.02. The molecular weight excluding hydrogens is 168 g/mol. The molecule has 70 valence electrons. The molecule has 0 spiro atoms. The highest BCUT2D eigenvalue weighted by Crippen LogP contribution is 2.23. The SMILES string of the molecule is COc1ccc(C2CCOC2)nn1. The Kier molecular flexibility index (Phi) is 2.40. The van der Waals surface area contributed by atoms with Crippen molar-refractivity contribution in [3.8, 4) is 5.88 Å². The van der Waals surface area contributed by atoms with E-state index in [1.54, 1.807) is 7.11 Å². The van der Waals surface area contributed by atoms with Crippen LogP contribution in [0.15, 0.2) is 12.1 Å². The number of ether oxygens (including phenoxy) is 2. The van der Waals surface area contributed by atoms with Gasteiger partial charge in [-0.25, -0.2) is 0 Å². The first-order valence-corrected chi connectivity index (χ1v) is 4.35. The summed E-state index contributed by atoms with van der Waals surface area (Å²) in [5, 5.41) is 7.99. The van der Waals surface area contributed by atoms with E-state index in [4.69, 9.17) is 9.47 Å². The van der Waals surface area contributed by atoms with E-state index in [1.807, 2.05) is 12.1 Å². The van der Waals surface area contributed by atoms with Crippen LogP contribution in [0.3, 0.4) is 0 Å². The topological polar surface area (TPSA) is 44.2 Å². The second-order valence-electron chi connectivity index (χ2n) is 3.06. The fraction of sp³-hybridized carbons (Fsp3) is 0.556. The van der Waals surface area contributed by atoms with Crippen LogP contribution in [0.2, 0.25) is 0 Å². The summed E-state index contributed by atoms with van der Waals surface area (Å²) in [5.74, 6) is 0.973. The average molecular weight is 180 g/mol. The Bertz CT molecular complexity index is 267. The van der Waals surface area contributed by atoms with Crippen molar-refractivity contribution in [3.63, 3.8) is 0 Å². The van der Waals surface area contributed by atoms with Gasteiger partial charge in [-0.3, -0.25) is 0 Å². The monoisotopic (exact) mass is 180 g/mol. The van der Waals surface area contributed by atoms with Crippen LogP contribution < -0.4 is 4.74 Å². The Balaban J connectivity index is 2.12. The highest BCUT2D eigenvalue weighted by atomic mass is 16.5. The number of hydrogen-bond donors (Lipinski definition) is 0. The van der Waals surface area contributed by atoms with E-state index in [-0.39, 0.29) is 0 Å². The molecule has 2 heterocycles. The summed E-state index contributed by atoms with van der Waals surface area (Å²) in [4.78, 5) is 0. The van der Waals surface area contributed by atoms with Crippen molar-refractivity contribution >= 4 is 0 Å². The zero-order valence-electron chi connectivity index (χ0n) is 7.56. The summed E-state index contributed by atoms with van der Waals surface area (Å²) in [6.07, 6.45) is 1.04. The van der Waals surface area contributed by atoms with Crippen molar-refractivity contribution in [3.05, 3.63) is 17.8 Å². The molecule has 0 N–H and O–H groups in total. The van der Waals surface area contributed by atoms with Gasteiger partial charge in [0.1, 0.15) is 0 Å². The number of nitrogens with zero attached hydrogens (tertiary/aromatic N) is 2. The van der Waals surface area contributed by atoms with E-state index in [1.165, 1.54) is 0 Å². The summed E-state index contributed by atoms with van der Waals surface area (Å²) >= 11 is 0. The van der Waals surface area contributed by atoms with Crippen LogP contribution in [0, 0.1) is 0 Å². The first kappa shape index (κ1) is 8.44. The van der Waals surface area contributed by atoms with E-state index in [0.29, 0.717) is 11.8 Å². The molecule has 2 rings (SSSR count). The maximum absolute atomic E-state index is 5.27. The summed E-state index contributed by atoms with van der Waals surface area (Å²) in [6, 6.07) is 3.78. The molecule has 0 saturated carbocycles. The second-order valence-corrected chi connectivity index (χ2v) is 3.06. The molecule has 1 fully saturated rings. The van der Waals surface area contributed by atoms with Crippen LogP contribution in [0.25, 0.3) is 0 Å². The van der Waals surface area contributed by atoms with Gasteiger partial charge >= 0.3 is 0 Å². The minimum absolute atomic E-state index is 0.415. The third kappa shape index (κ3) is 1.78. The van der Waals surface area contributed by atoms with E-state index in [9.17, 15) is 0 Å². The molecule has 0 bridgehead atoms. The van der Waals surface area contributed by atoms with Crippen LogP contribution in [-0.4, -0.2) is 30.5 Å². The smallest absolute Gasteiger partial charge is 0.233 e. The molecule has 0 aromatic carbocycles. The highest BCUT2D eigenvalue weighted by molar-refractivity contribution is 5.15. The van der Waals surface area contributed by atoms with Crippen LogP contribution >= 0.6 is 0 Å². The van der Waals surface area contributed by atoms with Crippen molar-refractivity contribution in [2.45, 2.75) is 12.3 Å². The largest absolute Gasteiger partial charge is 0.480 e. The Morgan fingerprint density at radius 1 is 1.46 bits per heavy atom. The lowest BCUT2D eigenvalue weighted by Gasteiger charge is -2.05. The van der Waals surface area contributed by atoms with Crippen molar-refractivity contribution in [2.75, 3.05) is 20.3 Å². The summed E-state index contributed by atoms with van der Waals surface area (Å²) in [5.41, 5.74) is 0.998. The van der Waals surface area contributed by atoms with Gasteiger partial charge in [0.25, 0.3) is 0 Å². The Morgan fingerprint density at radius 2 is 2.38 bits per heavy atom. The molecule has 0 radical (unpaired) electrons. The minimum atomic E-state index is 0.415. The number of aromatic nitrogens is 2. The van der Waals surface area contributed by atoms with Crippen molar-refractivity contribution in [1.29, 1.82) is 0 Å². The standard InChI is InChI=1S/C9H12N2O2/c1-12-9-3-2-8(10-11-9)7-4-5-13-6-7/h2-3,7H,4-6H2,1H3. The Hall–Kier alpha value is -1.16. The highest BCUT2D eigenvalue weighted by Gasteiger charge is 2.19. The molecule has 4 nitrogen and oxygen atoms in total. The molecule has 1 aromatic heterocycles. The quantitative estimate of drug-likeness (QED) is 0.680. The van der Waals surface area contributed by atoms with Gasteiger partial charge in [-0.15, -0.1) is 5.10 Å². The Labute approximate surface area is 76.9 Å². The predicted molar refractivity (Wildman–Crippen MR) is 46.8 cm³/mol. The van der Waals surface area contributed by atoms with Gasteiger partial charge in [-0.2, -0.15) is 5.10 Å². The van der Waals surface area contributed by atoms with Crippen LogP contribution in [-0.2, 0) is 4.74 Å². The van der Waals surface area contributed by atoms with Crippen LogP contribution in [0.1, 0.15) is 18.0 Å². The molecule has 0 aliphatic carbocycles. The van der Waals surface area contributed by atoms with E-state index in [0.717, 1.165) is 25.3 Å². The minimum Gasteiger partial charge on any atom is -0.480 e. The van der Waals surface area contributed by atoms with Gasteiger partial charge in [0.2, 0.25) is 5.88 Å². The normalized spacial score (nSPS) is 21.8. The van der Waals surface area contributed by atoms with Crippen molar-refractivity contribution in [2.24, 2.45) is 0 Å². The van der Waals surface area contributed by atoms with Gasteiger partial charge in [0.15, 0.2) is 0 Å². The third-order valence-electron chi connectivity index (χ3n) is 2.22. The first-order valence-electron chi connectivity index (χ1n) is 4.35. The molecule has 1 aliphatic heterocycles. The maximum atomic E-state index is 5.27. The summed E-state index contributed by atoms with van der Waals surface area (Å²) < 4.78 is 10.2. The van der Waals surface area contributed by atoms with Gasteiger partial charge in [0.05, 0.1) is 19.4 Å². The predicted octanol–water partition coefficient (Wildman–Crippen LogP) is 0.989. The van der Waals surface area contributed by atoms with E-state index < -0.39 is 0 Å². The molecule has 1 saturated heterocycles. The average Bonchev–Trinajstić information content (AvgIpc) is 2.71. The third-order valence-corrected chi connectivity index (χ3v) is 2.22. The van der Waals surface area contributed by atoms with Crippen LogP contribution in [0.4, 0.5) is 0 Å². The summed E-state index contributed by atoms with van der Waals surface area (Å²) in [7, 11) is 1.59. The molecule has 4 heteroatoms. The Morgan fingerprint density at radius 3 is 2.92 bits per heavy atom. The van der Waals surface area contributed by atoms with Gasteiger partial charge in [-0.05, 0) is 12.5 Å². The van der Waals surface area contributed by atoms with Crippen molar-refractivity contribution < 1.29 is 9.47 Å². The fourth-order valence-corrected chi connectivity index (χ4v) is 1.42. The molecule has 1 aromatic rings. The zero-order valence-corrected chi connectivity index (χ0v) is 7.56. The first-order chi connectivity index (χ1) is 6.40.